The fraction of sp³-hybridized carbons (Fsp3) is 0.375. The maximum absolute atomic E-state index is 15.3. The Labute approximate surface area is 207 Å². The van der Waals surface area contributed by atoms with Crippen molar-refractivity contribution in [1.29, 1.82) is 0 Å². The topological polar surface area (TPSA) is 132 Å². The van der Waals surface area contributed by atoms with Gasteiger partial charge in [-0.25, -0.2) is 19.2 Å². The lowest BCUT2D eigenvalue weighted by Crippen LogP contribution is -2.24. The lowest BCUT2D eigenvalue weighted by atomic mass is 9.97. The molecule has 3 heterocycles. The van der Waals surface area contributed by atoms with E-state index in [0.717, 1.165) is 11.3 Å². The van der Waals surface area contributed by atoms with Gasteiger partial charge in [-0.3, -0.25) is 5.32 Å². The van der Waals surface area contributed by atoms with E-state index >= 15 is 4.39 Å². The molecule has 0 unspecified atom stereocenters. The molecule has 0 saturated heterocycles. The van der Waals surface area contributed by atoms with Crippen molar-refractivity contribution >= 4 is 46.5 Å². The first-order valence-electron chi connectivity index (χ1n) is 11.2. The van der Waals surface area contributed by atoms with Crippen LogP contribution in [0.3, 0.4) is 0 Å². The molecule has 35 heavy (non-hydrogen) atoms. The second-order valence-corrected chi connectivity index (χ2v) is 9.09. The van der Waals surface area contributed by atoms with Crippen LogP contribution < -0.4 is 21.1 Å². The minimum atomic E-state index is -0.824. The molecule has 0 bridgehead atoms. The summed E-state index contributed by atoms with van der Waals surface area (Å²) in [5.74, 6) is 0.165. The van der Waals surface area contributed by atoms with Crippen molar-refractivity contribution < 1.29 is 23.8 Å². The number of benzene rings is 1. The summed E-state index contributed by atoms with van der Waals surface area (Å²) in [6.45, 7) is 4.74. The molecule has 5 N–H and O–H groups in total. The van der Waals surface area contributed by atoms with Crippen LogP contribution in [0.5, 0.6) is 5.88 Å². The number of hydrogen-bond donors (Lipinski definition) is 4. The van der Waals surface area contributed by atoms with Gasteiger partial charge in [0, 0.05) is 41.9 Å². The second kappa shape index (κ2) is 9.35. The number of nitrogens with zero attached hydrogens (tertiary/aromatic N) is 2. The lowest BCUT2D eigenvalue weighted by molar-refractivity contribution is 0.0453. The molecule has 0 radical (unpaired) electrons. The molecular weight excluding hydrogens is 477 g/mol. The van der Waals surface area contributed by atoms with E-state index < -0.39 is 17.5 Å². The molecule has 5 rings (SSSR count). The minimum Gasteiger partial charge on any atom is -0.474 e. The number of halogens is 2. The fourth-order valence-corrected chi connectivity index (χ4v) is 4.61. The summed E-state index contributed by atoms with van der Waals surface area (Å²) in [5, 5.41) is 16.9. The third-order valence-corrected chi connectivity index (χ3v) is 6.41. The second-order valence-electron chi connectivity index (χ2n) is 9.09. The average molecular weight is 504 g/mol. The molecule has 1 aliphatic carbocycles. The first-order chi connectivity index (χ1) is 16.2. The fourth-order valence-electron chi connectivity index (χ4n) is 4.61. The normalized spacial score (nSPS) is 20.9. The standard InChI is InChI=1S/C24H26FN5O4.ClH/c1-12-16(10-29-22-21(12)27-5-6-33-22)15-7-13-8-18(28-11-17(13)20(26)19(15)25)30-23(31)34-14-3-4-24(2,32)9-14;/h7-8,10-11,14,27,32H,3-6,9,26H2,1-2H3,(H,28,30,31);1H/t14-,24-;/m0./s1. The maximum Gasteiger partial charge on any atom is 0.413 e. The largest absolute Gasteiger partial charge is 0.474 e. The van der Waals surface area contributed by atoms with Crippen molar-refractivity contribution in [3.8, 4) is 17.0 Å². The summed E-state index contributed by atoms with van der Waals surface area (Å²) in [5.41, 5.74) is 7.66. The maximum atomic E-state index is 15.3. The first-order valence-corrected chi connectivity index (χ1v) is 11.2. The number of fused-ring (bicyclic) bond motifs is 2. The molecule has 1 amide bonds. The lowest BCUT2D eigenvalue weighted by Gasteiger charge is -2.22. The molecule has 1 fully saturated rings. The van der Waals surface area contributed by atoms with E-state index in [4.69, 9.17) is 15.2 Å². The number of rotatable bonds is 3. The zero-order valence-electron chi connectivity index (χ0n) is 19.4. The van der Waals surface area contributed by atoms with Crippen LogP contribution in [-0.2, 0) is 4.74 Å². The van der Waals surface area contributed by atoms with Gasteiger partial charge in [-0.2, -0.15) is 0 Å². The van der Waals surface area contributed by atoms with E-state index in [0.29, 0.717) is 54.6 Å². The van der Waals surface area contributed by atoms with Crippen LogP contribution in [-0.4, -0.2) is 46.0 Å². The Morgan fingerprint density at radius 1 is 1.34 bits per heavy atom. The summed E-state index contributed by atoms with van der Waals surface area (Å²) in [7, 11) is 0. The molecule has 3 aromatic rings. The van der Waals surface area contributed by atoms with Crippen LogP contribution in [0.2, 0.25) is 0 Å². The Hall–Kier alpha value is -3.37. The Bertz CT molecular complexity index is 1300. The number of aromatic nitrogens is 2. The summed E-state index contributed by atoms with van der Waals surface area (Å²) < 4.78 is 26.3. The van der Waals surface area contributed by atoms with Crippen molar-refractivity contribution in [3.05, 3.63) is 35.9 Å². The van der Waals surface area contributed by atoms with Gasteiger partial charge in [0.05, 0.1) is 11.3 Å². The van der Waals surface area contributed by atoms with Crippen LogP contribution >= 0.6 is 12.4 Å². The minimum absolute atomic E-state index is 0. The zero-order valence-corrected chi connectivity index (χ0v) is 20.2. The molecule has 1 aliphatic heterocycles. The molecule has 1 aromatic carbocycles. The number of pyridine rings is 2. The smallest absolute Gasteiger partial charge is 0.413 e. The first kappa shape index (κ1) is 24.7. The number of hydrogen-bond acceptors (Lipinski definition) is 8. The highest BCUT2D eigenvalue weighted by Gasteiger charge is 2.35. The van der Waals surface area contributed by atoms with Gasteiger partial charge in [0.25, 0.3) is 0 Å². The van der Waals surface area contributed by atoms with Crippen LogP contribution in [0.4, 0.5) is 26.4 Å². The Morgan fingerprint density at radius 2 is 2.14 bits per heavy atom. The van der Waals surface area contributed by atoms with Gasteiger partial charge in [0.2, 0.25) is 5.88 Å². The predicted octanol–water partition coefficient (Wildman–Crippen LogP) is 4.40. The third-order valence-electron chi connectivity index (χ3n) is 6.41. The molecule has 11 heteroatoms. The van der Waals surface area contributed by atoms with Gasteiger partial charge >= 0.3 is 6.09 Å². The highest BCUT2D eigenvalue weighted by molar-refractivity contribution is 5.99. The Balaban J connectivity index is 0.00000289. The molecule has 2 atom stereocenters. The van der Waals surface area contributed by atoms with Crippen molar-refractivity contribution in [2.24, 2.45) is 0 Å². The van der Waals surface area contributed by atoms with E-state index in [-0.39, 0.29) is 35.6 Å². The highest BCUT2D eigenvalue weighted by Crippen LogP contribution is 2.39. The number of amides is 1. The van der Waals surface area contributed by atoms with Crippen molar-refractivity contribution in [3.63, 3.8) is 0 Å². The molecule has 2 aromatic heterocycles. The number of aliphatic hydroxyl groups is 1. The van der Waals surface area contributed by atoms with Crippen molar-refractivity contribution in [2.75, 3.05) is 29.5 Å². The van der Waals surface area contributed by atoms with Gasteiger partial charge in [-0.05, 0) is 49.8 Å². The molecule has 186 valence electrons. The number of nitrogen functional groups attached to an aromatic ring is 1. The summed E-state index contributed by atoms with van der Waals surface area (Å²) in [4.78, 5) is 20.8. The van der Waals surface area contributed by atoms with E-state index in [1.54, 1.807) is 25.3 Å². The number of carbonyl (C=O) groups excluding carboxylic acids is 1. The SMILES string of the molecule is Cc1c(-c2cc3cc(NC(=O)O[C@H]4CC[C@](C)(O)C4)ncc3c(N)c2F)cnc2c1NCCO2.Cl. The summed E-state index contributed by atoms with van der Waals surface area (Å²) in [6, 6.07) is 3.27. The predicted molar refractivity (Wildman–Crippen MR) is 134 cm³/mol. The van der Waals surface area contributed by atoms with Crippen molar-refractivity contribution in [1.82, 2.24) is 9.97 Å². The van der Waals surface area contributed by atoms with Gasteiger partial charge in [-0.15, -0.1) is 12.4 Å². The molecule has 0 spiro atoms. The number of nitrogens with one attached hydrogen (secondary N) is 2. The van der Waals surface area contributed by atoms with Crippen LogP contribution in [0.25, 0.3) is 21.9 Å². The highest BCUT2D eigenvalue weighted by atomic mass is 35.5. The van der Waals surface area contributed by atoms with Crippen LogP contribution in [0.1, 0.15) is 31.7 Å². The van der Waals surface area contributed by atoms with E-state index in [2.05, 4.69) is 20.6 Å². The molecular formula is C24H27ClFN5O4. The monoisotopic (exact) mass is 503 g/mol. The molecule has 9 nitrogen and oxygen atoms in total. The van der Waals surface area contributed by atoms with E-state index in [1.807, 2.05) is 6.92 Å². The summed E-state index contributed by atoms with van der Waals surface area (Å²) in [6.07, 6.45) is 3.53. The molecule has 1 saturated carbocycles. The van der Waals surface area contributed by atoms with E-state index in [9.17, 15) is 9.90 Å². The van der Waals surface area contributed by atoms with Gasteiger partial charge < -0.3 is 25.6 Å². The summed E-state index contributed by atoms with van der Waals surface area (Å²) >= 11 is 0. The van der Waals surface area contributed by atoms with Gasteiger partial charge in [0.1, 0.15) is 24.2 Å². The number of nitrogens with two attached hydrogens (primary N) is 1. The van der Waals surface area contributed by atoms with E-state index in [1.165, 1.54) is 6.20 Å². The van der Waals surface area contributed by atoms with Gasteiger partial charge in [-0.1, -0.05) is 0 Å². The Morgan fingerprint density at radius 3 is 2.89 bits per heavy atom. The Kier molecular flexibility index (Phi) is 6.61. The van der Waals surface area contributed by atoms with Crippen molar-refractivity contribution in [2.45, 2.75) is 44.8 Å². The van der Waals surface area contributed by atoms with Crippen LogP contribution in [0.15, 0.2) is 24.5 Å². The number of carbonyl (C=O) groups is 1. The zero-order chi connectivity index (χ0) is 24.0. The van der Waals surface area contributed by atoms with Crippen LogP contribution in [0, 0.1) is 12.7 Å². The number of anilines is 3. The molecule has 2 aliphatic rings. The third kappa shape index (κ3) is 4.76. The average Bonchev–Trinajstić information content (AvgIpc) is 3.14. The quantitative estimate of drug-likeness (QED) is 0.386. The van der Waals surface area contributed by atoms with Gasteiger partial charge in [0.15, 0.2) is 5.82 Å². The number of ether oxygens (including phenoxy) is 2.